The van der Waals surface area contributed by atoms with Gasteiger partial charge in [-0.3, -0.25) is 9.78 Å². The maximum atomic E-state index is 11.2. The Labute approximate surface area is 77.8 Å². The Morgan fingerprint density at radius 3 is 3.00 bits per heavy atom. The number of hydrogen-bond donors (Lipinski definition) is 0. The molecule has 1 aromatic heterocycles. The zero-order chi connectivity index (χ0) is 9.52. The molecule has 0 amide bonds. The molecule has 0 saturated carbocycles. The standard InChI is InChI=1S/C10H13NO2/c1-2-13-8-10(12)7-9-5-3-4-6-11-9/h3-6H,2,7-8H2,1H3. The van der Waals surface area contributed by atoms with Crippen LogP contribution in [0.25, 0.3) is 0 Å². The number of nitrogens with zero attached hydrogens (tertiary/aromatic N) is 1. The van der Waals surface area contributed by atoms with Crippen LogP contribution in [0.4, 0.5) is 0 Å². The molecular formula is C10H13NO2. The molecule has 0 unspecified atom stereocenters. The maximum absolute atomic E-state index is 11.2. The third kappa shape index (κ3) is 3.80. The van der Waals surface area contributed by atoms with Crippen LogP contribution < -0.4 is 0 Å². The minimum absolute atomic E-state index is 0.0700. The molecule has 0 aliphatic carbocycles. The van der Waals surface area contributed by atoms with E-state index in [9.17, 15) is 4.79 Å². The van der Waals surface area contributed by atoms with Gasteiger partial charge in [0.25, 0.3) is 0 Å². The Kier molecular flexibility index (Phi) is 4.12. The quantitative estimate of drug-likeness (QED) is 0.682. The normalized spacial score (nSPS) is 9.92. The number of aromatic nitrogens is 1. The number of carbonyl (C=O) groups is 1. The Balaban J connectivity index is 2.37. The summed E-state index contributed by atoms with van der Waals surface area (Å²) in [5.41, 5.74) is 0.798. The van der Waals surface area contributed by atoms with Gasteiger partial charge in [-0.25, -0.2) is 0 Å². The molecule has 1 heterocycles. The van der Waals surface area contributed by atoms with Gasteiger partial charge in [0, 0.05) is 18.5 Å². The zero-order valence-corrected chi connectivity index (χ0v) is 7.69. The molecule has 0 saturated heterocycles. The highest BCUT2D eigenvalue weighted by atomic mass is 16.5. The number of pyridine rings is 1. The van der Waals surface area contributed by atoms with Crippen molar-refractivity contribution >= 4 is 5.78 Å². The topological polar surface area (TPSA) is 39.2 Å². The van der Waals surface area contributed by atoms with Crippen LogP contribution in [0.3, 0.4) is 0 Å². The summed E-state index contributed by atoms with van der Waals surface area (Å²) < 4.78 is 4.99. The number of rotatable bonds is 5. The van der Waals surface area contributed by atoms with Crippen molar-refractivity contribution in [3.8, 4) is 0 Å². The van der Waals surface area contributed by atoms with Crippen molar-refractivity contribution in [3.63, 3.8) is 0 Å². The van der Waals surface area contributed by atoms with Crippen LogP contribution in [0.2, 0.25) is 0 Å². The summed E-state index contributed by atoms with van der Waals surface area (Å²) in [7, 11) is 0. The van der Waals surface area contributed by atoms with Crippen molar-refractivity contribution in [3.05, 3.63) is 30.1 Å². The van der Waals surface area contributed by atoms with E-state index in [4.69, 9.17) is 4.74 Å². The number of ether oxygens (including phenoxy) is 1. The lowest BCUT2D eigenvalue weighted by Gasteiger charge is -1.99. The molecule has 0 spiro atoms. The van der Waals surface area contributed by atoms with Crippen LogP contribution in [0.1, 0.15) is 12.6 Å². The lowest BCUT2D eigenvalue weighted by atomic mass is 10.2. The summed E-state index contributed by atoms with van der Waals surface area (Å²) in [6.45, 7) is 2.63. The smallest absolute Gasteiger partial charge is 0.164 e. The van der Waals surface area contributed by atoms with Gasteiger partial charge in [-0.05, 0) is 19.1 Å². The van der Waals surface area contributed by atoms with Gasteiger partial charge in [0.15, 0.2) is 5.78 Å². The van der Waals surface area contributed by atoms with Gasteiger partial charge in [-0.15, -0.1) is 0 Å². The van der Waals surface area contributed by atoms with Gasteiger partial charge in [-0.1, -0.05) is 6.07 Å². The fourth-order valence-corrected chi connectivity index (χ4v) is 0.972. The minimum Gasteiger partial charge on any atom is -0.374 e. The number of Topliss-reactive ketones (excluding diaryl/α,β-unsaturated/α-hetero) is 1. The lowest BCUT2D eigenvalue weighted by molar-refractivity contribution is -0.122. The number of ketones is 1. The lowest BCUT2D eigenvalue weighted by Crippen LogP contribution is -2.11. The van der Waals surface area contributed by atoms with Crippen molar-refractivity contribution in [1.29, 1.82) is 0 Å². The molecule has 0 aliphatic heterocycles. The molecule has 0 aliphatic rings. The molecule has 3 heteroatoms. The number of carbonyl (C=O) groups excluding carboxylic acids is 1. The Morgan fingerprint density at radius 2 is 2.38 bits per heavy atom. The molecule has 0 fully saturated rings. The van der Waals surface area contributed by atoms with Crippen molar-refractivity contribution in [2.75, 3.05) is 13.2 Å². The first kappa shape index (κ1) is 9.86. The monoisotopic (exact) mass is 179 g/mol. The highest BCUT2D eigenvalue weighted by Gasteiger charge is 2.03. The van der Waals surface area contributed by atoms with E-state index in [0.29, 0.717) is 13.0 Å². The van der Waals surface area contributed by atoms with Gasteiger partial charge >= 0.3 is 0 Å². The predicted octanol–water partition coefficient (Wildman–Crippen LogP) is 1.23. The summed E-state index contributed by atoms with van der Waals surface area (Å²) in [5, 5.41) is 0. The van der Waals surface area contributed by atoms with E-state index in [-0.39, 0.29) is 12.4 Å². The van der Waals surface area contributed by atoms with Crippen LogP contribution in [-0.4, -0.2) is 24.0 Å². The summed E-state index contributed by atoms with van der Waals surface area (Å²) in [6.07, 6.45) is 2.05. The first-order chi connectivity index (χ1) is 6.33. The molecule has 0 aromatic carbocycles. The van der Waals surface area contributed by atoms with Crippen LogP contribution >= 0.6 is 0 Å². The molecule has 1 rings (SSSR count). The third-order valence-corrected chi connectivity index (χ3v) is 1.57. The van der Waals surface area contributed by atoms with Crippen LogP contribution in [0, 0.1) is 0 Å². The molecule has 0 atom stereocenters. The SMILES string of the molecule is CCOCC(=O)Cc1ccccn1. The van der Waals surface area contributed by atoms with E-state index in [1.807, 2.05) is 25.1 Å². The van der Waals surface area contributed by atoms with Crippen molar-refractivity contribution in [2.45, 2.75) is 13.3 Å². The highest BCUT2D eigenvalue weighted by Crippen LogP contribution is 1.95. The molecule has 3 nitrogen and oxygen atoms in total. The average molecular weight is 179 g/mol. The first-order valence-electron chi connectivity index (χ1n) is 4.32. The second-order valence-electron chi connectivity index (χ2n) is 2.67. The molecule has 13 heavy (non-hydrogen) atoms. The molecule has 0 N–H and O–H groups in total. The van der Waals surface area contributed by atoms with E-state index in [1.165, 1.54) is 0 Å². The van der Waals surface area contributed by atoms with E-state index >= 15 is 0 Å². The second-order valence-corrected chi connectivity index (χ2v) is 2.67. The molecule has 70 valence electrons. The fourth-order valence-electron chi connectivity index (χ4n) is 0.972. The molecular weight excluding hydrogens is 166 g/mol. The Hall–Kier alpha value is -1.22. The second kappa shape index (κ2) is 5.43. The molecule has 0 bridgehead atoms. The molecule has 1 aromatic rings. The van der Waals surface area contributed by atoms with Crippen LogP contribution in [0.5, 0.6) is 0 Å². The van der Waals surface area contributed by atoms with E-state index in [1.54, 1.807) is 6.20 Å². The van der Waals surface area contributed by atoms with Gasteiger partial charge < -0.3 is 4.74 Å². The summed E-state index contributed by atoms with van der Waals surface area (Å²) in [6, 6.07) is 5.54. The van der Waals surface area contributed by atoms with Gasteiger partial charge in [0.05, 0.1) is 6.42 Å². The summed E-state index contributed by atoms with van der Waals surface area (Å²) in [4.78, 5) is 15.3. The van der Waals surface area contributed by atoms with Crippen molar-refractivity contribution in [2.24, 2.45) is 0 Å². The highest BCUT2D eigenvalue weighted by molar-refractivity contribution is 5.81. The minimum atomic E-state index is 0.0700. The summed E-state index contributed by atoms with van der Waals surface area (Å²) in [5.74, 6) is 0.0700. The van der Waals surface area contributed by atoms with Crippen LogP contribution in [0.15, 0.2) is 24.4 Å². The molecule has 0 radical (unpaired) electrons. The van der Waals surface area contributed by atoms with Gasteiger partial charge in [-0.2, -0.15) is 0 Å². The van der Waals surface area contributed by atoms with Crippen molar-refractivity contribution < 1.29 is 9.53 Å². The van der Waals surface area contributed by atoms with E-state index < -0.39 is 0 Å². The van der Waals surface area contributed by atoms with Crippen molar-refractivity contribution in [1.82, 2.24) is 4.98 Å². The summed E-state index contributed by atoms with van der Waals surface area (Å²) >= 11 is 0. The predicted molar refractivity (Wildman–Crippen MR) is 49.4 cm³/mol. The zero-order valence-electron chi connectivity index (χ0n) is 7.69. The first-order valence-corrected chi connectivity index (χ1v) is 4.32. The van der Waals surface area contributed by atoms with E-state index in [0.717, 1.165) is 5.69 Å². The number of hydrogen-bond acceptors (Lipinski definition) is 3. The average Bonchev–Trinajstić information content (AvgIpc) is 2.16. The third-order valence-electron chi connectivity index (χ3n) is 1.57. The van der Waals surface area contributed by atoms with Gasteiger partial charge in [0.1, 0.15) is 6.61 Å². The fraction of sp³-hybridized carbons (Fsp3) is 0.400. The van der Waals surface area contributed by atoms with Gasteiger partial charge in [0.2, 0.25) is 0 Å². The maximum Gasteiger partial charge on any atom is 0.164 e. The van der Waals surface area contributed by atoms with Crippen LogP contribution in [-0.2, 0) is 16.0 Å². The largest absolute Gasteiger partial charge is 0.374 e. The Morgan fingerprint density at radius 1 is 1.54 bits per heavy atom. The van der Waals surface area contributed by atoms with E-state index in [2.05, 4.69) is 4.98 Å². The Bertz CT molecular complexity index is 259.